The largest absolute Gasteiger partial charge is 0.489 e. The van der Waals surface area contributed by atoms with Gasteiger partial charge in [-0.1, -0.05) is 15.9 Å². The molecule has 0 radical (unpaired) electrons. The molecule has 0 unspecified atom stereocenters. The van der Waals surface area contributed by atoms with Crippen molar-refractivity contribution in [3.8, 4) is 5.75 Å². The summed E-state index contributed by atoms with van der Waals surface area (Å²) in [7, 11) is 0. The average molecular weight is 322 g/mol. The van der Waals surface area contributed by atoms with Crippen molar-refractivity contribution in [3.63, 3.8) is 0 Å². The second kappa shape index (κ2) is 4.21. The highest BCUT2D eigenvalue weighted by atomic mass is 79.9. The predicted octanol–water partition coefficient (Wildman–Crippen LogP) is 3.25. The van der Waals surface area contributed by atoms with Gasteiger partial charge in [0.1, 0.15) is 5.75 Å². The van der Waals surface area contributed by atoms with Gasteiger partial charge in [0.25, 0.3) is 0 Å². The molecule has 0 saturated heterocycles. The zero-order valence-electron chi connectivity index (χ0n) is 7.46. The molecule has 0 aromatic heterocycles. The molecule has 0 aliphatic heterocycles. The van der Waals surface area contributed by atoms with E-state index in [2.05, 4.69) is 31.9 Å². The summed E-state index contributed by atoms with van der Waals surface area (Å²) in [6.45, 7) is 0.0000926. The minimum absolute atomic E-state index is 0.0000926. The van der Waals surface area contributed by atoms with Gasteiger partial charge in [-0.3, -0.25) is 0 Å². The Morgan fingerprint density at radius 1 is 1.36 bits per heavy atom. The molecule has 0 heterocycles. The predicted molar refractivity (Wildman–Crippen MR) is 61.4 cm³/mol. The van der Waals surface area contributed by atoms with E-state index in [1.54, 1.807) is 0 Å². The van der Waals surface area contributed by atoms with E-state index in [1.807, 2.05) is 12.1 Å². The quantitative estimate of drug-likeness (QED) is 0.926. The van der Waals surface area contributed by atoms with Crippen LogP contribution in [0.1, 0.15) is 18.4 Å². The molecule has 2 nitrogen and oxygen atoms in total. The van der Waals surface area contributed by atoms with E-state index in [4.69, 9.17) is 4.74 Å². The van der Waals surface area contributed by atoms with E-state index in [1.165, 1.54) is 0 Å². The normalized spacial score (nSPS) is 15.6. The summed E-state index contributed by atoms with van der Waals surface area (Å²) >= 11 is 6.80. The van der Waals surface area contributed by atoms with Gasteiger partial charge in [-0.2, -0.15) is 0 Å². The van der Waals surface area contributed by atoms with Gasteiger partial charge in [-0.05, 0) is 40.9 Å². The smallest absolute Gasteiger partial charge is 0.139 e. The number of hydrogen-bond donors (Lipinski definition) is 1. The van der Waals surface area contributed by atoms with Gasteiger partial charge >= 0.3 is 0 Å². The van der Waals surface area contributed by atoms with Crippen LogP contribution in [-0.4, -0.2) is 11.2 Å². The molecule has 0 spiro atoms. The first-order valence-corrected chi connectivity index (χ1v) is 6.04. The van der Waals surface area contributed by atoms with Crippen molar-refractivity contribution in [1.29, 1.82) is 0 Å². The minimum atomic E-state index is 0.0000926. The third-order valence-corrected chi connectivity index (χ3v) is 3.11. The number of ether oxygens (including phenoxy) is 1. The molecule has 1 aliphatic carbocycles. The van der Waals surface area contributed by atoms with Gasteiger partial charge in [-0.15, -0.1) is 0 Å². The Morgan fingerprint density at radius 3 is 2.64 bits per heavy atom. The molecular weight excluding hydrogens is 312 g/mol. The molecule has 2 rings (SSSR count). The van der Waals surface area contributed by atoms with Crippen LogP contribution >= 0.6 is 31.9 Å². The van der Waals surface area contributed by atoms with Gasteiger partial charge in [0.05, 0.1) is 17.2 Å². The summed E-state index contributed by atoms with van der Waals surface area (Å²) in [4.78, 5) is 0. The maximum absolute atomic E-state index is 9.18. The van der Waals surface area contributed by atoms with Crippen LogP contribution in [0.5, 0.6) is 5.75 Å². The Labute approximate surface area is 99.5 Å². The van der Waals surface area contributed by atoms with Crippen LogP contribution in [0.25, 0.3) is 0 Å². The molecular formula is C10H10Br2O2. The molecule has 0 amide bonds. The summed E-state index contributed by atoms with van der Waals surface area (Å²) < 4.78 is 7.54. The lowest BCUT2D eigenvalue weighted by molar-refractivity contribution is 0.257. The molecule has 1 saturated carbocycles. The van der Waals surface area contributed by atoms with Crippen molar-refractivity contribution >= 4 is 31.9 Å². The number of aliphatic hydroxyl groups is 1. The molecule has 1 aromatic rings. The lowest BCUT2D eigenvalue weighted by Gasteiger charge is -2.11. The molecule has 1 N–H and O–H groups in total. The van der Waals surface area contributed by atoms with Crippen LogP contribution in [-0.2, 0) is 6.61 Å². The van der Waals surface area contributed by atoms with Gasteiger partial charge in [0.2, 0.25) is 0 Å². The number of halogens is 2. The monoisotopic (exact) mass is 320 g/mol. The third-order valence-electron chi connectivity index (χ3n) is 2.06. The molecule has 1 fully saturated rings. The third kappa shape index (κ3) is 2.30. The van der Waals surface area contributed by atoms with Crippen molar-refractivity contribution in [3.05, 3.63) is 26.6 Å². The number of benzene rings is 1. The second-order valence-corrected chi connectivity index (χ2v) is 5.12. The zero-order valence-corrected chi connectivity index (χ0v) is 10.6. The van der Waals surface area contributed by atoms with E-state index in [0.717, 1.165) is 33.1 Å². The summed E-state index contributed by atoms with van der Waals surface area (Å²) in [5.41, 5.74) is 0.818. The van der Waals surface area contributed by atoms with Crippen molar-refractivity contribution < 1.29 is 9.84 Å². The first-order chi connectivity index (χ1) is 6.70. The lowest BCUT2D eigenvalue weighted by Crippen LogP contribution is -2.00. The fourth-order valence-electron chi connectivity index (χ4n) is 1.22. The van der Waals surface area contributed by atoms with Crippen LogP contribution in [0.15, 0.2) is 21.1 Å². The Kier molecular flexibility index (Phi) is 3.14. The van der Waals surface area contributed by atoms with Gasteiger partial charge in [-0.25, -0.2) is 0 Å². The Balaban J connectivity index is 2.33. The second-order valence-electron chi connectivity index (χ2n) is 3.35. The van der Waals surface area contributed by atoms with Gasteiger partial charge in [0.15, 0.2) is 0 Å². The van der Waals surface area contributed by atoms with Gasteiger partial charge < -0.3 is 9.84 Å². The van der Waals surface area contributed by atoms with E-state index < -0.39 is 0 Å². The highest BCUT2D eigenvalue weighted by Crippen LogP contribution is 2.37. The summed E-state index contributed by atoms with van der Waals surface area (Å²) in [6, 6.07) is 3.80. The Morgan fingerprint density at radius 2 is 2.07 bits per heavy atom. The summed E-state index contributed by atoms with van der Waals surface area (Å²) in [5, 5.41) is 9.18. The summed E-state index contributed by atoms with van der Waals surface area (Å²) in [5.74, 6) is 0.776. The van der Waals surface area contributed by atoms with Crippen molar-refractivity contribution in [2.24, 2.45) is 0 Å². The van der Waals surface area contributed by atoms with Crippen molar-refractivity contribution in [1.82, 2.24) is 0 Å². The fraction of sp³-hybridized carbons (Fsp3) is 0.400. The summed E-state index contributed by atoms with van der Waals surface area (Å²) in [6.07, 6.45) is 2.58. The first kappa shape index (κ1) is 10.5. The van der Waals surface area contributed by atoms with Crippen LogP contribution < -0.4 is 4.74 Å². The zero-order chi connectivity index (χ0) is 10.1. The van der Waals surface area contributed by atoms with Crippen LogP contribution in [0.4, 0.5) is 0 Å². The fourth-order valence-corrected chi connectivity index (χ4v) is 2.62. The number of hydrogen-bond acceptors (Lipinski definition) is 2. The number of rotatable bonds is 3. The molecule has 1 aromatic carbocycles. The molecule has 0 bridgehead atoms. The van der Waals surface area contributed by atoms with Gasteiger partial charge in [0, 0.05) is 10.0 Å². The highest BCUT2D eigenvalue weighted by molar-refractivity contribution is 9.11. The number of aliphatic hydroxyl groups excluding tert-OH is 1. The lowest BCUT2D eigenvalue weighted by atomic mass is 10.2. The SMILES string of the molecule is OCc1cc(Br)cc(Br)c1OC1CC1. The van der Waals surface area contributed by atoms with E-state index in [-0.39, 0.29) is 6.61 Å². The van der Waals surface area contributed by atoms with E-state index in [0.29, 0.717) is 6.10 Å². The minimum Gasteiger partial charge on any atom is -0.489 e. The molecule has 0 atom stereocenters. The highest BCUT2D eigenvalue weighted by Gasteiger charge is 2.25. The average Bonchev–Trinajstić information content (AvgIpc) is 2.93. The standard InChI is InChI=1S/C10H10Br2O2/c11-7-3-6(5-13)10(9(12)4-7)14-8-1-2-8/h3-4,8,13H,1-2,5H2. The maximum Gasteiger partial charge on any atom is 0.139 e. The van der Waals surface area contributed by atoms with Crippen LogP contribution in [0, 0.1) is 0 Å². The molecule has 14 heavy (non-hydrogen) atoms. The van der Waals surface area contributed by atoms with Crippen LogP contribution in [0.2, 0.25) is 0 Å². The molecule has 4 heteroatoms. The van der Waals surface area contributed by atoms with E-state index in [9.17, 15) is 5.11 Å². The molecule has 1 aliphatic rings. The topological polar surface area (TPSA) is 29.5 Å². The maximum atomic E-state index is 9.18. The van der Waals surface area contributed by atoms with E-state index >= 15 is 0 Å². The van der Waals surface area contributed by atoms with Crippen molar-refractivity contribution in [2.75, 3.05) is 0 Å². The van der Waals surface area contributed by atoms with Crippen molar-refractivity contribution in [2.45, 2.75) is 25.6 Å². The first-order valence-electron chi connectivity index (χ1n) is 4.46. The Hall–Kier alpha value is -0.0600. The molecule has 76 valence electrons. The Bertz CT molecular complexity index is 348. The van der Waals surface area contributed by atoms with Crippen LogP contribution in [0.3, 0.4) is 0 Å².